The minimum atomic E-state index is 0.525. The van der Waals surface area contributed by atoms with Gasteiger partial charge in [0.15, 0.2) is 5.75 Å². The molecule has 0 saturated heterocycles. The molecule has 0 aliphatic heterocycles. The first-order valence-corrected chi connectivity index (χ1v) is 5.48. The Balaban J connectivity index is 2.30. The SMILES string of the molecule is COc1c(Cl)cccc1N=Nc1ccccc1. The van der Waals surface area contributed by atoms with Crippen molar-refractivity contribution < 1.29 is 4.74 Å². The Morgan fingerprint density at radius 3 is 2.41 bits per heavy atom. The number of nitrogens with zero attached hydrogens (tertiary/aromatic N) is 2. The molecule has 86 valence electrons. The number of hydrogen-bond donors (Lipinski definition) is 0. The molecule has 0 N–H and O–H groups in total. The van der Waals surface area contributed by atoms with Crippen LogP contribution in [0.5, 0.6) is 5.75 Å². The van der Waals surface area contributed by atoms with Gasteiger partial charge in [0.25, 0.3) is 0 Å². The first-order chi connectivity index (χ1) is 8.31. The largest absolute Gasteiger partial charge is 0.493 e. The van der Waals surface area contributed by atoms with Crippen LogP contribution in [0, 0.1) is 0 Å². The molecule has 0 saturated carbocycles. The summed E-state index contributed by atoms with van der Waals surface area (Å²) >= 11 is 5.98. The maximum Gasteiger partial charge on any atom is 0.164 e. The molecular weight excluding hydrogens is 236 g/mol. The van der Waals surface area contributed by atoms with Crippen LogP contribution in [0.3, 0.4) is 0 Å². The second-order valence-electron chi connectivity index (χ2n) is 3.33. The number of halogens is 1. The molecular formula is C13H11ClN2O. The quantitative estimate of drug-likeness (QED) is 0.719. The van der Waals surface area contributed by atoms with Crippen LogP contribution < -0.4 is 4.74 Å². The smallest absolute Gasteiger partial charge is 0.164 e. The molecule has 0 spiro atoms. The lowest BCUT2D eigenvalue weighted by atomic mass is 10.3. The van der Waals surface area contributed by atoms with Crippen molar-refractivity contribution in [3.8, 4) is 5.75 Å². The predicted octanol–water partition coefficient (Wildman–Crippen LogP) is 4.76. The van der Waals surface area contributed by atoms with Gasteiger partial charge < -0.3 is 4.74 Å². The normalized spacial score (nSPS) is 10.7. The molecule has 0 radical (unpaired) electrons. The van der Waals surface area contributed by atoms with Crippen molar-refractivity contribution in [1.29, 1.82) is 0 Å². The molecule has 0 unspecified atom stereocenters. The van der Waals surface area contributed by atoms with Crippen LogP contribution in [-0.4, -0.2) is 7.11 Å². The zero-order chi connectivity index (χ0) is 12.1. The van der Waals surface area contributed by atoms with Crippen molar-refractivity contribution in [1.82, 2.24) is 0 Å². The Morgan fingerprint density at radius 1 is 0.941 bits per heavy atom. The fourth-order valence-electron chi connectivity index (χ4n) is 1.38. The van der Waals surface area contributed by atoms with Gasteiger partial charge in [0.05, 0.1) is 17.8 Å². The van der Waals surface area contributed by atoms with Crippen LogP contribution in [-0.2, 0) is 0 Å². The van der Waals surface area contributed by atoms with E-state index in [-0.39, 0.29) is 0 Å². The lowest BCUT2D eigenvalue weighted by Crippen LogP contribution is -1.83. The number of methoxy groups -OCH3 is 1. The van der Waals surface area contributed by atoms with Crippen molar-refractivity contribution in [2.24, 2.45) is 10.2 Å². The van der Waals surface area contributed by atoms with Gasteiger partial charge >= 0.3 is 0 Å². The maximum atomic E-state index is 5.98. The standard InChI is InChI=1S/C13H11ClN2O/c1-17-13-11(14)8-5-9-12(13)16-15-10-6-3-2-4-7-10/h2-9H,1H3. The van der Waals surface area contributed by atoms with Gasteiger partial charge in [-0.3, -0.25) is 0 Å². The molecule has 0 atom stereocenters. The van der Waals surface area contributed by atoms with E-state index in [9.17, 15) is 0 Å². The number of rotatable bonds is 3. The molecule has 0 heterocycles. The number of para-hydroxylation sites is 1. The Kier molecular flexibility index (Phi) is 3.73. The molecule has 4 heteroatoms. The average molecular weight is 247 g/mol. The van der Waals surface area contributed by atoms with Crippen LogP contribution in [0.2, 0.25) is 5.02 Å². The highest BCUT2D eigenvalue weighted by atomic mass is 35.5. The van der Waals surface area contributed by atoms with E-state index in [4.69, 9.17) is 16.3 Å². The highest BCUT2D eigenvalue weighted by molar-refractivity contribution is 6.32. The number of ether oxygens (including phenoxy) is 1. The lowest BCUT2D eigenvalue weighted by molar-refractivity contribution is 0.416. The molecule has 2 aromatic rings. The Morgan fingerprint density at radius 2 is 1.71 bits per heavy atom. The van der Waals surface area contributed by atoms with E-state index in [1.165, 1.54) is 0 Å². The van der Waals surface area contributed by atoms with Gasteiger partial charge in [0.2, 0.25) is 0 Å². The van der Waals surface area contributed by atoms with E-state index in [0.29, 0.717) is 16.5 Å². The van der Waals surface area contributed by atoms with Gasteiger partial charge in [-0.25, -0.2) is 0 Å². The van der Waals surface area contributed by atoms with Gasteiger partial charge in [-0.1, -0.05) is 35.9 Å². The summed E-state index contributed by atoms with van der Waals surface area (Å²) in [6, 6.07) is 14.9. The molecule has 0 fully saturated rings. The fourth-order valence-corrected chi connectivity index (χ4v) is 1.63. The van der Waals surface area contributed by atoms with E-state index >= 15 is 0 Å². The van der Waals surface area contributed by atoms with Crippen molar-refractivity contribution in [2.45, 2.75) is 0 Å². The minimum Gasteiger partial charge on any atom is -0.493 e. The molecule has 0 amide bonds. The highest BCUT2D eigenvalue weighted by Crippen LogP contribution is 2.35. The monoisotopic (exact) mass is 246 g/mol. The summed E-state index contributed by atoms with van der Waals surface area (Å²) in [4.78, 5) is 0. The molecule has 2 aromatic carbocycles. The predicted molar refractivity (Wildman–Crippen MR) is 68.6 cm³/mol. The van der Waals surface area contributed by atoms with Crippen LogP contribution in [0.25, 0.3) is 0 Å². The third-order valence-corrected chi connectivity index (χ3v) is 2.48. The van der Waals surface area contributed by atoms with E-state index < -0.39 is 0 Å². The molecule has 0 aromatic heterocycles. The van der Waals surface area contributed by atoms with Gasteiger partial charge in [-0.2, -0.15) is 5.11 Å². The average Bonchev–Trinajstić information content (AvgIpc) is 2.37. The second kappa shape index (κ2) is 5.46. The van der Waals surface area contributed by atoms with E-state index in [0.717, 1.165) is 5.69 Å². The highest BCUT2D eigenvalue weighted by Gasteiger charge is 2.05. The Labute approximate surface area is 105 Å². The van der Waals surface area contributed by atoms with Crippen LogP contribution in [0.4, 0.5) is 11.4 Å². The lowest BCUT2D eigenvalue weighted by Gasteiger charge is -2.04. The maximum absolute atomic E-state index is 5.98. The Hall–Kier alpha value is -1.87. The molecule has 2 rings (SSSR count). The first kappa shape index (κ1) is 11.6. The van der Waals surface area contributed by atoms with E-state index in [1.54, 1.807) is 19.2 Å². The van der Waals surface area contributed by atoms with Crippen molar-refractivity contribution >= 4 is 23.0 Å². The van der Waals surface area contributed by atoms with Gasteiger partial charge in [0, 0.05) is 0 Å². The first-order valence-electron chi connectivity index (χ1n) is 5.10. The summed E-state index contributed by atoms with van der Waals surface area (Å²) in [7, 11) is 1.56. The molecule has 17 heavy (non-hydrogen) atoms. The van der Waals surface area contributed by atoms with Crippen molar-refractivity contribution in [2.75, 3.05) is 7.11 Å². The number of benzene rings is 2. The summed E-state index contributed by atoms with van der Waals surface area (Å²) in [5, 5.41) is 8.76. The van der Waals surface area contributed by atoms with Crippen LogP contribution in [0.1, 0.15) is 0 Å². The third-order valence-electron chi connectivity index (χ3n) is 2.18. The van der Waals surface area contributed by atoms with E-state index in [2.05, 4.69) is 10.2 Å². The van der Waals surface area contributed by atoms with E-state index in [1.807, 2.05) is 36.4 Å². The van der Waals surface area contributed by atoms with Crippen molar-refractivity contribution in [3.05, 3.63) is 53.6 Å². The van der Waals surface area contributed by atoms with Crippen LogP contribution in [0.15, 0.2) is 58.8 Å². The Bertz CT molecular complexity index is 526. The zero-order valence-electron chi connectivity index (χ0n) is 9.30. The molecule has 0 aliphatic carbocycles. The van der Waals surface area contributed by atoms with Crippen molar-refractivity contribution in [3.63, 3.8) is 0 Å². The number of azo groups is 1. The summed E-state index contributed by atoms with van der Waals surface area (Å²) < 4.78 is 5.18. The summed E-state index contributed by atoms with van der Waals surface area (Å²) in [6.07, 6.45) is 0. The fraction of sp³-hybridized carbons (Fsp3) is 0.0769. The topological polar surface area (TPSA) is 34.0 Å². The zero-order valence-corrected chi connectivity index (χ0v) is 10.1. The van der Waals surface area contributed by atoms with Gasteiger partial charge in [-0.05, 0) is 24.3 Å². The second-order valence-corrected chi connectivity index (χ2v) is 3.73. The third kappa shape index (κ3) is 2.82. The minimum absolute atomic E-state index is 0.525. The van der Waals surface area contributed by atoms with Crippen LogP contribution >= 0.6 is 11.6 Å². The number of hydrogen-bond acceptors (Lipinski definition) is 3. The molecule has 3 nitrogen and oxygen atoms in total. The molecule has 0 bridgehead atoms. The molecule has 0 aliphatic rings. The van der Waals surface area contributed by atoms with Gasteiger partial charge in [-0.15, -0.1) is 5.11 Å². The summed E-state index contributed by atoms with van der Waals surface area (Å²) in [6.45, 7) is 0. The van der Waals surface area contributed by atoms with Gasteiger partial charge in [0.1, 0.15) is 5.69 Å². The summed E-state index contributed by atoms with van der Waals surface area (Å²) in [5.41, 5.74) is 1.40. The summed E-state index contributed by atoms with van der Waals surface area (Å²) in [5.74, 6) is 0.536.